The summed E-state index contributed by atoms with van der Waals surface area (Å²) in [5, 5.41) is 3.64. The van der Waals surface area contributed by atoms with Gasteiger partial charge in [-0.15, -0.1) is 11.3 Å². The number of amides is 1. The Morgan fingerprint density at radius 3 is 2.91 bits per heavy atom. The Bertz CT molecular complexity index is 656. The summed E-state index contributed by atoms with van der Waals surface area (Å²) in [6.45, 7) is 3.70. The third-order valence-corrected chi connectivity index (χ3v) is 4.73. The molecule has 3 rings (SSSR count). The van der Waals surface area contributed by atoms with Gasteiger partial charge in [0.15, 0.2) is 0 Å². The third-order valence-electron chi connectivity index (χ3n) is 3.66. The van der Waals surface area contributed by atoms with Crippen LogP contribution in [0.3, 0.4) is 0 Å². The average molecular weight is 337 g/mol. The molecule has 0 unspecified atom stereocenters. The molecule has 22 heavy (non-hydrogen) atoms. The van der Waals surface area contributed by atoms with Crippen molar-refractivity contribution < 1.29 is 9.53 Å². The number of aromatic nitrogens is 1. The number of thiazole rings is 1. The predicted molar refractivity (Wildman–Crippen MR) is 87.3 cm³/mol. The van der Waals surface area contributed by atoms with Crippen LogP contribution in [0.15, 0.2) is 29.6 Å². The fraction of sp³-hybridized carbons (Fsp3) is 0.375. The maximum Gasteiger partial charge on any atom is 0.228 e. The molecule has 1 saturated heterocycles. The van der Waals surface area contributed by atoms with Gasteiger partial charge in [0, 0.05) is 16.9 Å². The lowest BCUT2D eigenvalue weighted by Gasteiger charge is -2.33. The number of carbonyl (C=O) groups excluding carboxylic acids is 1. The van der Waals surface area contributed by atoms with Crippen LogP contribution < -0.4 is 0 Å². The van der Waals surface area contributed by atoms with E-state index < -0.39 is 0 Å². The van der Waals surface area contributed by atoms with E-state index in [-0.39, 0.29) is 12.0 Å². The van der Waals surface area contributed by atoms with Gasteiger partial charge in [0.2, 0.25) is 5.91 Å². The zero-order chi connectivity index (χ0) is 15.5. The first-order valence-corrected chi connectivity index (χ1v) is 8.43. The quantitative estimate of drug-likeness (QED) is 0.864. The molecule has 1 atom stereocenters. The minimum absolute atomic E-state index is 0.0906. The third kappa shape index (κ3) is 3.66. The number of halogens is 1. The fourth-order valence-electron chi connectivity index (χ4n) is 2.51. The number of nitrogens with zero attached hydrogens (tertiary/aromatic N) is 2. The van der Waals surface area contributed by atoms with Crippen molar-refractivity contribution in [2.24, 2.45) is 0 Å². The van der Waals surface area contributed by atoms with Crippen LogP contribution in [-0.4, -0.2) is 35.5 Å². The molecular weight excluding hydrogens is 320 g/mol. The number of carbonyl (C=O) groups is 1. The summed E-state index contributed by atoms with van der Waals surface area (Å²) in [6, 6.07) is 7.59. The van der Waals surface area contributed by atoms with E-state index in [0.29, 0.717) is 31.1 Å². The number of ether oxygens (including phenoxy) is 1. The summed E-state index contributed by atoms with van der Waals surface area (Å²) in [5.41, 5.74) is 1.90. The maximum atomic E-state index is 12.4. The van der Waals surface area contributed by atoms with E-state index >= 15 is 0 Å². The number of hydrogen-bond donors (Lipinski definition) is 0. The molecule has 0 radical (unpaired) electrons. The van der Waals surface area contributed by atoms with Crippen LogP contribution in [0.4, 0.5) is 0 Å². The number of aryl methyl sites for hydroxylation is 1. The summed E-state index contributed by atoms with van der Waals surface area (Å²) in [5.74, 6) is 0.104. The Balaban J connectivity index is 1.64. The van der Waals surface area contributed by atoms with Crippen LogP contribution in [0.5, 0.6) is 0 Å². The topological polar surface area (TPSA) is 42.4 Å². The minimum atomic E-state index is -0.0906. The summed E-state index contributed by atoms with van der Waals surface area (Å²) in [6.07, 6.45) is 0.268. The molecule has 0 spiro atoms. The van der Waals surface area contributed by atoms with Crippen LogP contribution >= 0.6 is 22.9 Å². The highest BCUT2D eigenvalue weighted by Crippen LogP contribution is 2.24. The second-order valence-electron chi connectivity index (χ2n) is 5.29. The molecule has 1 aromatic heterocycles. The van der Waals surface area contributed by atoms with Crippen LogP contribution in [0.2, 0.25) is 5.02 Å². The standard InChI is InChI=1S/C16H17ClN2O2S/c1-11-18-14(10-22-11)8-16(20)19-6-7-21-15(9-19)12-2-4-13(17)5-3-12/h2-5,10,15H,6-9H2,1H3/t15-/m1/s1. The lowest BCUT2D eigenvalue weighted by molar-refractivity contribution is -0.138. The first-order chi connectivity index (χ1) is 10.6. The Morgan fingerprint density at radius 2 is 2.23 bits per heavy atom. The Morgan fingerprint density at radius 1 is 1.45 bits per heavy atom. The van der Waals surface area contributed by atoms with Crippen molar-refractivity contribution in [1.82, 2.24) is 9.88 Å². The molecule has 1 aliphatic heterocycles. The summed E-state index contributed by atoms with van der Waals surface area (Å²) < 4.78 is 5.79. The van der Waals surface area contributed by atoms with Crippen molar-refractivity contribution in [2.75, 3.05) is 19.7 Å². The molecule has 0 aliphatic carbocycles. The average Bonchev–Trinajstić information content (AvgIpc) is 2.93. The van der Waals surface area contributed by atoms with Gasteiger partial charge in [0.05, 0.1) is 30.3 Å². The van der Waals surface area contributed by atoms with Gasteiger partial charge in [0.1, 0.15) is 6.10 Å². The van der Waals surface area contributed by atoms with Crippen LogP contribution in [-0.2, 0) is 16.0 Å². The second kappa shape index (κ2) is 6.77. The smallest absolute Gasteiger partial charge is 0.228 e. The van der Waals surface area contributed by atoms with Crippen molar-refractivity contribution >= 4 is 28.8 Å². The summed E-state index contributed by atoms with van der Waals surface area (Å²) in [4.78, 5) is 18.6. The molecule has 4 nitrogen and oxygen atoms in total. The van der Waals surface area contributed by atoms with Gasteiger partial charge in [-0.2, -0.15) is 0 Å². The van der Waals surface area contributed by atoms with Crippen molar-refractivity contribution in [3.63, 3.8) is 0 Å². The lowest BCUT2D eigenvalue weighted by atomic mass is 10.1. The zero-order valence-corrected chi connectivity index (χ0v) is 13.9. The molecule has 2 heterocycles. The largest absolute Gasteiger partial charge is 0.370 e. The zero-order valence-electron chi connectivity index (χ0n) is 12.3. The second-order valence-corrected chi connectivity index (χ2v) is 6.78. The van der Waals surface area contributed by atoms with Crippen LogP contribution in [0.25, 0.3) is 0 Å². The maximum absolute atomic E-state index is 12.4. The first-order valence-electron chi connectivity index (χ1n) is 7.17. The number of morpholine rings is 1. The number of benzene rings is 1. The number of rotatable bonds is 3. The molecule has 1 aliphatic rings. The minimum Gasteiger partial charge on any atom is -0.370 e. The van der Waals surface area contributed by atoms with Crippen LogP contribution in [0, 0.1) is 6.92 Å². The molecule has 1 aromatic carbocycles. The molecule has 1 amide bonds. The molecule has 2 aromatic rings. The highest BCUT2D eigenvalue weighted by Gasteiger charge is 2.25. The van der Waals surface area contributed by atoms with Crippen molar-refractivity contribution in [3.05, 3.63) is 50.9 Å². The monoisotopic (exact) mass is 336 g/mol. The highest BCUT2D eigenvalue weighted by molar-refractivity contribution is 7.09. The van der Waals surface area contributed by atoms with E-state index in [9.17, 15) is 4.79 Å². The Kier molecular flexibility index (Phi) is 4.76. The van der Waals surface area contributed by atoms with Crippen molar-refractivity contribution in [1.29, 1.82) is 0 Å². The summed E-state index contributed by atoms with van der Waals surface area (Å²) in [7, 11) is 0. The number of hydrogen-bond acceptors (Lipinski definition) is 4. The van der Waals surface area contributed by atoms with Gasteiger partial charge >= 0.3 is 0 Å². The van der Waals surface area contributed by atoms with E-state index in [1.807, 2.05) is 41.5 Å². The predicted octanol–water partition coefficient (Wildman–Crippen LogP) is 3.25. The summed E-state index contributed by atoms with van der Waals surface area (Å²) >= 11 is 7.48. The molecular formula is C16H17ClN2O2S. The molecule has 1 fully saturated rings. The van der Waals surface area contributed by atoms with Gasteiger partial charge in [0.25, 0.3) is 0 Å². The van der Waals surface area contributed by atoms with E-state index in [0.717, 1.165) is 16.3 Å². The Hall–Kier alpha value is -1.43. The SMILES string of the molecule is Cc1nc(CC(=O)N2CCO[C@@H](c3ccc(Cl)cc3)C2)cs1. The van der Waals surface area contributed by atoms with E-state index in [4.69, 9.17) is 16.3 Å². The highest BCUT2D eigenvalue weighted by atomic mass is 35.5. The van der Waals surface area contributed by atoms with Gasteiger partial charge < -0.3 is 9.64 Å². The fourth-order valence-corrected chi connectivity index (χ4v) is 3.25. The van der Waals surface area contributed by atoms with Gasteiger partial charge in [-0.1, -0.05) is 23.7 Å². The van der Waals surface area contributed by atoms with E-state index in [1.165, 1.54) is 0 Å². The van der Waals surface area contributed by atoms with Crippen molar-refractivity contribution in [3.8, 4) is 0 Å². The van der Waals surface area contributed by atoms with E-state index in [1.54, 1.807) is 11.3 Å². The van der Waals surface area contributed by atoms with Gasteiger partial charge in [-0.25, -0.2) is 4.98 Å². The normalized spacial score (nSPS) is 18.5. The molecule has 0 N–H and O–H groups in total. The molecule has 0 bridgehead atoms. The van der Waals surface area contributed by atoms with Gasteiger partial charge in [-0.05, 0) is 24.6 Å². The van der Waals surface area contributed by atoms with Crippen LogP contribution in [0.1, 0.15) is 22.4 Å². The Labute approximate surface area is 138 Å². The van der Waals surface area contributed by atoms with Crippen molar-refractivity contribution in [2.45, 2.75) is 19.4 Å². The van der Waals surface area contributed by atoms with Gasteiger partial charge in [-0.3, -0.25) is 4.79 Å². The molecule has 6 heteroatoms. The van der Waals surface area contributed by atoms with E-state index in [2.05, 4.69) is 4.98 Å². The molecule has 116 valence electrons. The first kappa shape index (κ1) is 15.5. The molecule has 0 saturated carbocycles. The lowest BCUT2D eigenvalue weighted by Crippen LogP contribution is -2.43.